The Balaban J connectivity index is 1.74. The maximum atomic E-state index is 11.1. The number of aldehydes is 1. The summed E-state index contributed by atoms with van der Waals surface area (Å²) in [5, 5.41) is 3.58. The van der Waals surface area contributed by atoms with Crippen molar-refractivity contribution in [2.75, 3.05) is 5.32 Å². The van der Waals surface area contributed by atoms with Crippen molar-refractivity contribution in [3.05, 3.63) is 17.0 Å². The Morgan fingerprint density at radius 1 is 1.42 bits per heavy atom. The fraction of sp³-hybridized carbons (Fsp3) is 0.643. The molecule has 1 aromatic heterocycles. The highest BCUT2D eigenvalue weighted by Crippen LogP contribution is 2.49. The first-order valence-corrected chi connectivity index (χ1v) is 7.29. The third kappa shape index (κ3) is 2.34. The summed E-state index contributed by atoms with van der Waals surface area (Å²) in [4.78, 5) is 19.1. The standard InChI is InChI=1S/C14H18ClN3O/c1-8(11-5-9-2-3-10(11)4-9)18-14-12(6-19)13(15)16-7-17-14/h6-11H,2-5H2,1H3,(H,16,17,18). The highest BCUT2D eigenvalue weighted by Gasteiger charge is 2.41. The molecule has 0 amide bonds. The number of nitrogens with zero attached hydrogens (tertiary/aromatic N) is 2. The lowest BCUT2D eigenvalue weighted by molar-refractivity contribution is 0.112. The number of aromatic nitrogens is 2. The van der Waals surface area contributed by atoms with E-state index < -0.39 is 0 Å². The van der Waals surface area contributed by atoms with Gasteiger partial charge in [-0.15, -0.1) is 0 Å². The monoisotopic (exact) mass is 279 g/mol. The highest BCUT2D eigenvalue weighted by atomic mass is 35.5. The molecular formula is C14H18ClN3O. The largest absolute Gasteiger partial charge is 0.367 e. The summed E-state index contributed by atoms with van der Waals surface area (Å²) in [6.07, 6.45) is 7.54. The molecule has 0 radical (unpaired) electrons. The van der Waals surface area contributed by atoms with Gasteiger partial charge < -0.3 is 5.32 Å². The van der Waals surface area contributed by atoms with Crippen molar-refractivity contribution in [3.8, 4) is 0 Å². The molecule has 1 aromatic rings. The van der Waals surface area contributed by atoms with Crippen LogP contribution in [0, 0.1) is 17.8 Å². The van der Waals surface area contributed by atoms with Crippen LogP contribution in [0.3, 0.4) is 0 Å². The molecule has 4 atom stereocenters. The molecule has 2 saturated carbocycles. The molecule has 2 aliphatic rings. The number of fused-ring (bicyclic) bond motifs is 2. The van der Waals surface area contributed by atoms with Crippen LogP contribution in [-0.4, -0.2) is 22.3 Å². The molecule has 1 heterocycles. The number of carbonyl (C=O) groups is 1. The number of halogens is 1. The van der Waals surface area contributed by atoms with Crippen LogP contribution in [0.1, 0.15) is 43.0 Å². The highest BCUT2D eigenvalue weighted by molar-refractivity contribution is 6.32. The molecule has 2 fully saturated rings. The van der Waals surface area contributed by atoms with Crippen LogP contribution in [0.5, 0.6) is 0 Å². The summed E-state index contributed by atoms with van der Waals surface area (Å²) in [5.41, 5.74) is 0.360. The number of carbonyl (C=O) groups excluding carboxylic acids is 1. The fourth-order valence-electron chi connectivity index (χ4n) is 3.82. The van der Waals surface area contributed by atoms with E-state index in [0.29, 0.717) is 23.3 Å². The van der Waals surface area contributed by atoms with Crippen molar-refractivity contribution in [3.63, 3.8) is 0 Å². The average molecular weight is 280 g/mol. The van der Waals surface area contributed by atoms with Crippen LogP contribution in [0.15, 0.2) is 6.33 Å². The molecule has 0 aromatic carbocycles. The van der Waals surface area contributed by atoms with Crippen LogP contribution < -0.4 is 5.32 Å². The van der Waals surface area contributed by atoms with Gasteiger partial charge in [-0.3, -0.25) is 4.79 Å². The van der Waals surface area contributed by atoms with E-state index >= 15 is 0 Å². The van der Waals surface area contributed by atoms with Gasteiger partial charge in [0.1, 0.15) is 17.3 Å². The van der Waals surface area contributed by atoms with Gasteiger partial charge in [0.15, 0.2) is 6.29 Å². The average Bonchev–Trinajstić information content (AvgIpc) is 3.01. The van der Waals surface area contributed by atoms with Gasteiger partial charge in [-0.2, -0.15) is 0 Å². The van der Waals surface area contributed by atoms with E-state index in [9.17, 15) is 4.79 Å². The smallest absolute Gasteiger partial charge is 0.156 e. The molecule has 0 spiro atoms. The molecule has 102 valence electrons. The minimum absolute atomic E-state index is 0.215. The van der Waals surface area contributed by atoms with Crippen LogP contribution in [0.25, 0.3) is 0 Å². The van der Waals surface area contributed by atoms with E-state index in [0.717, 1.165) is 18.1 Å². The lowest BCUT2D eigenvalue weighted by Gasteiger charge is -2.29. The number of hydrogen-bond acceptors (Lipinski definition) is 4. The summed E-state index contributed by atoms with van der Waals surface area (Å²) < 4.78 is 0. The predicted octanol–water partition coefficient (Wildman–Crippen LogP) is 3.18. The van der Waals surface area contributed by atoms with E-state index in [-0.39, 0.29) is 5.15 Å². The summed E-state index contributed by atoms with van der Waals surface area (Å²) in [6, 6.07) is 0.319. The second kappa shape index (κ2) is 5.08. The first-order valence-electron chi connectivity index (χ1n) is 6.91. The molecule has 3 rings (SSSR count). The van der Waals surface area contributed by atoms with Crippen molar-refractivity contribution in [2.45, 2.75) is 38.6 Å². The van der Waals surface area contributed by atoms with E-state index in [1.54, 1.807) is 0 Å². The molecule has 4 unspecified atom stereocenters. The van der Waals surface area contributed by atoms with Crippen molar-refractivity contribution in [2.24, 2.45) is 17.8 Å². The number of anilines is 1. The maximum absolute atomic E-state index is 11.1. The third-order valence-corrected chi connectivity index (χ3v) is 5.05. The van der Waals surface area contributed by atoms with Gasteiger partial charge in [0.25, 0.3) is 0 Å². The van der Waals surface area contributed by atoms with Crippen LogP contribution >= 0.6 is 11.6 Å². The number of rotatable bonds is 4. The minimum atomic E-state index is 0.215. The quantitative estimate of drug-likeness (QED) is 0.679. The molecule has 2 bridgehead atoms. The van der Waals surface area contributed by atoms with Gasteiger partial charge in [-0.25, -0.2) is 9.97 Å². The van der Waals surface area contributed by atoms with Crippen LogP contribution in [0.2, 0.25) is 5.15 Å². The van der Waals surface area contributed by atoms with Gasteiger partial charge in [-0.1, -0.05) is 18.0 Å². The van der Waals surface area contributed by atoms with Gasteiger partial charge in [-0.05, 0) is 43.9 Å². The molecule has 0 aliphatic heterocycles. The predicted molar refractivity (Wildman–Crippen MR) is 74.5 cm³/mol. The summed E-state index contributed by atoms with van der Waals surface area (Å²) in [7, 11) is 0. The Labute approximate surface area is 118 Å². The zero-order valence-corrected chi connectivity index (χ0v) is 11.7. The number of hydrogen-bond donors (Lipinski definition) is 1. The van der Waals surface area contributed by atoms with E-state index in [1.165, 1.54) is 32.0 Å². The third-order valence-electron chi connectivity index (χ3n) is 4.75. The van der Waals surface area contributed by atoms with Crippen molar-refractivity contribution < 1.29 is 4.79 Å². The Morgan fingerprint density at radius 2 is 2.26 bits per heavy atom. The van der Waals surface area contributed by atoms with Crippen LogP contribution in [0.4, 0.5) is 5.82 Å². The molecule has 0 saturated heterocycles. The second-order valence-electron chi connectivity index (χ2n) is 5.82. The molecule has 2 aliphatic carbocycles. The van der Waals surface area contributed by atoms with E-state index in [1.807, 2.05) is 0 Å². The van der Waals surface area contributed by atoms with Gasteiger partial charge in [0, 0.05) is 6.04 Å². The zero-order valence-electron chi connectivity index (χ0n) is 11.0. The molecule has 4 nitrogen and oxygen atoms in total. The normalized spacial score (nSPS) is 30.3. The molecule has 5 heteroatoms. The van der Waals surface area contributed by atoms with E-state index in [4.69, 9.17) is 11.6 Å². The first kappa shape index (κ1) is 12.9. The zero-order chi connectivity index (χ0) is 13.4. The Kier molecular flexibility index (Phi) is 3.44. The van der Waals surface area contributed by atoms with E-state index in [2.05, 4.69) is 22.2 Å². The second-order valence-corrected chi connectivity index (χ2v) is 6.17. The molecule has 1 N–H and O–H groups in total. The summed E-state index contributed by atoms with van der Waals surface area (Å²) >= 11 is 5.91. The lowest BCUT2D eigenvalue weighted by atomic mass is 9.84. The van der Waals surface area contributed by atoms with Crippen molar-refractivity contribution in [1.82, 2.24) is 9.97 Å². The SMILES string of the molecule is CC(Nc1ncnc(Cl)c1C=O)C1CC2CCC1C2. The van der Waals surface area contributed by atoms with Crippen molar-refractivity contribution >= 4 is 23.7 Å². The van der Waals surface area contributed by atoms with Gasteiger partial charge >= 0.3 is 0 Å². The first-order chi connectivity index (χ1) is 9.19. The Bertz CT molecular complexity index is 494. The minimum Gasteiger partial charge on any atom is -0.367 e. The van der Waals surface area contributed by atoms with Gasteiger partial charge in [0.05, 0.1) is 5.56 Å². The Morgan fingerprint density at radius 3 is 2.89 bits per heavy atom. The van der Waals surface area contributed by atoms with Crippen molar-refractivity contribution in [1.29, 1.82) is 0 Å². The summed E-state index contributed by atoms with van der Waals surface area (Å²) in [6.45, 7) is 2.18. The summed E-state index contributed by atoms with van der Waals surface area (Å²) in [5.74, 6) is 3.00. The molecule has 19 heavy (non-hydrogen) atoms. The Hall–Kier alpha value is -1.16. The fourth-order valence-corrected chi connectivity index (χ4v) is 4.00. The lowest BCUT2D eigenvalue weighted by Crippen LogP contribution is -2.30. The maximum Gasteiger partial charge on any atom is 0.156 e. The van der Waals surface area contributed by atoms with Gasteiger partial charge in [0.2, 0.25) is 0 Å². The van der Waals surface area contributed by atoms with Crippen LogP contribution in [-0.2, 0) is 0 Å². The topological polar surface area (TPSA) is 54.9 Å². The molecular weight excluding hydrogens is 262 g/mol. The number of nitrogens with one attached hydrogen (secondary N) is 1.